The Hall–Kier alpha value is -4.19. The van der Waals surface area contributed by atoms with E-state index in [0.29, 0.717) is 16.8 Å². The number of hydrogen-bond acceptors (Lipinski definition) is 6. The normalized spacial score (nSPS) is 10.8. The summed E-state index contributed by atoms with van der Waals surface area (Å²) in [7, 11) is 0. The van der Waals surface area contributed by atoms with Gasteiger partial charge in [0.05, 0.1) is 24.4 Å². The first-order valence-corrected chi connectivity index (χ1v) is 8.78. The number of H-pyrrole nitrogens is 1. The largest absolute Gasteiger partial charge is 0.459 e. The second kappa shape index (κ2) is 7.09. The molecule has 0 aliphatic rings. The van der Waals surface area contributed by atoms with E-state index in [1.165, 1.54) is 15.7 Å². The molecular weight excluding hydrogens is 372 g/mol. The first kappa shape index (κ1) is 18.2. The van der Waals surface area contributed by atoms with Gasteiger partial charge in [0.2, 0.25) is 5.95 Å². The van der Waals surface area contributed by atoms with Crippen molar-refractivity contribution >= 4 is 17.6 Å². The summed E-state index contributed by atoms with van der Waals surface area (Å²) >= 11 is 0. The van der Waals surface area contributed by atoms with Crippen LogP contribution in [0.25, 0.3) is 5.78 Å². The van der Waals surface area contributed by atoms with Gasteiger partial charge in [0.15, 0.2) is 5.76 Å². The van der Waals surface area contributed by atoms with Crippen LogP contribution in [0.4, 0.5) is 5.95 Å². The average Bonchev–Trinajstić information content (AvgIpc) is 3.40. The molecule has 0 atom stereocenters. The number of hydrogen-bond donors (Lipinski definition) is 1. The Balaban J connectivity index is 1.83. The van der Waals surface area contributed by atoms with Crippen molar-refractivity contribution < 1.29 is 9.21 Å². The molecule has 3 heterocycles. The molecule has 3 aromatic heterocycles. The molecule has 0 bridgehead atoms. The maximum Gasteiger partial charge on any atom is 0.296 e. The molecule has 29 heavy (non-hydrogen) atoms. The van der Waals surface area contributed by atoms with Crippen LogP contribution in [0.5, 0.6) is 0 Å². The van der Waals surface area contributed by atoms with Crippen molar-refractivity contribution in [1.29, 1.82) is 5.26 Å². The predicted molar refractivity (Wildman–Crippen MR) is 103 cm³/mol. The summed E-state index contributed by atoms with van der Waals surface area (Å²) in [5.74, 6) is -0.0213. The molecular formula is C20H16N6O3. The van der Waals surface area contributed by atoms with Gasteiger partial charge in [-0.25, -0.2) is 4.98 Å². The Labute approximate surface area is 164 Å². The monoisotopic (exact) mass is 388 g/mol. The van der Waals surface area contributed by atoms with E-state index in [1.807, 2.05) is 0 Å². The number of rotatable bonds is 4. The zero-order valence-electron chi connectivity index (χ0n) is 15.7. The maximum absolute atomic E-state index is 13.1. The van der Waals surface area contributed by atoms with Crippen LogP contribution in [0.1, 0.15) is 32.9 Å². The van der Waals surface area contributed by atoms with Crippen LogP contribution in [0, 0.1) is 25.2 Å². The first-order chi connectivity index (χ1) is 14.0. The van der Waals surface area contributed by atoms with Gasteiger partial charge in [-0.15, -0.1) is 0 Å². The van der Waals surface area contributed by atoms with Crippen molar-refractivity contribution in [2.24, 2.45) is 0 Å². The number of nitriles is 1. The standard InChI is InChI=1S/C20H16N6O3/c1-12-13(2)22-19-23-20(24-26(19)17(12)27)25(18(28)16-7-4-8-29-16)11-15-6-3-5-14(9-15)10-21/h3-9H,11H2,1-2H3,(H,22,23,24). The van der Waals surface area contributed by atoms with Crippen molar-refractivity contribution in [3.8, 4) is 6.07 Å². The average molecular weight is 388 g/mol. The highest BCUT2D eigenvalue weighted by Gasteiger charge is 2.24. The van der Waals surface area contributed by atoms with Crippen molar-refractivity contribution in [3.63, 3.8) is 0 Å². The molecule has 0 saturated heterocycles. The van der Waals surface area contributed by atoms with Crippen molar-refractivity contribution in [1.82, 2.24) is 19.6 Å². The number of furan rings is 1. The van der Waals surface area contributed by atoms with E-state index in [0.717, 1.165) is 5.56 Å². The topological polar surface area (TPSA) is 120 Å². The summed E-state index contributed by atoms with van der Waals surface area (Å²) in [6.45, 7) is 3.52. The highest BCUT2D eigenvalue weighted by Crippen LogP contribution is 2.18. The highest BCUT2D eigenvalue weighted by atomic mass is 16.3. The smallest absolute Gasteiger partial charge is 0.296 e. The summed E-state index contributed by atoms with van der Waals surface area (Å²) in [5, 5.41) is 12.0. The minimum atomic E-state index is -0.446. The lowest BCUT2D eigenvalue weighted by atomic mass is 10.1. The van der Waals surface area contributed by atoms with Gasteiger partial charge in [0.25, 0.3) is 17.2 Å². The molecule has 1 amide bonds. The maximum atomic E-state index is 13.1. The number of aromatic nitrogens is 4. The first-order valence-electron chi connectivity index (χ1n) is 8.78. The summed E-state index contributed by atoms with van der Waals surface area (Å²) in [6, 6.07) is 12.1. The summed E-state index contributed by atoms with van der Waals surface area (Å²) in [5.41, 5.74) is 1.96. The van der Waals surface area contributed by atoms with Crippen molar-refractivity contribution in [3.05, 3.63) is 81.2 Å². The molecule has 0 radical (unpaired) electrons. The van der Waals surface area contributed by atoms with E-state index in [4.69, 9.17) is 9.68 Å². The minimum Gasteiger partial charge on any atom is -0.459 e. The molecule has 4 rings (SSSR count). The Morgan fingerprint density at radius 1 is 1.28 bits per heavy atom. The van der Waals surface area contributed by atoms with E-state index in [-0.39, 0.29) is 29.6 Å². The Morgan fingerprint density at radius 3 is 2.83 bits per heavy atom. The van der Waals surface area contributed by atoms with Gasteiger partial charge in [-0.1, -0.05) is 12.1 Å². The van der Waals surface area contributed by atoms with Gasteiger partial charge >= 0.3 is 0 Å². The van der Waals surface area contributed by atoms with Gasteiger partial charge in [-0.3, -0.25) is 19.6 Å². The predicted octanol–water partition coefficient (Wildman–Crippen LogP) is 2.35. The van der Waals surface area contributed by atoms with E-state index in [1.54, 1.807) is 50.2 Å². The zero-order chi connectivity index (χ0) is 20.5. The third-order valence-corrected chi connectivity index (χ3v) is 4.58. The lowest BCUT2D eigenvalue weighted by Crippen LogP contribution is -2.31. The van der Waals surface area contributed by atoms with Gasteiger partial charge in [-0.05, 0) is 43.7 Å². The zero-order valence-corrected chi connectivity index (χ0v) is 15.7. The third kappa shape index (κ3) is 3.27. The number of anilines is 1. The molecule has 1 aromatic carbocycles. The number of carbonyl (C=O) groups is 1. The second-order valence-electron chi connectivity index (χ2n) is 6.49. The van der Waals surface area contributed by atoms with Crippen LogP contribution in [0.3, 0.4) is 0 Å². The van der Waals surface area contributed by atoms with Gasteiger partial charge < -0.3 is 4.42 Å². The van der Waals surface area contributed by atoms with Gasteiger partial charge in [0, 0.05) is 11.3 Å². The number of amides is 1. The van der Waals surface area contributed by atoms with Crippen molar-refractivity contribution in [2.75, 3.05) is 4.90 Å². The summed E-state index contributed by atoms with van der Waals surface area (Å²) in [4.78, 5) is 35.6. The Bertz CT molecular complexity index is 1310. The second-order valence-corrected chi connectivity index (χ2v) is 6.49. The van der Waals surface area contributed by atoms with Gasteiger partial charge in [-0.2, -0.15) is 14.8 Å². The number of aromatic amines is 1. The molecule has 0 aliphatic carbocycles. The molecule has 0 fully saturated rings. The lowest BCUT2D eigenvalue weighted by Gasteiger charge is -2.18. The molecule has 1 N–H and O–H groups in total. The molecule has 0 aliphatic heterocycles. The molecule has 144 valence electrons. The number of nitrogens with one attached hydrogen (secondary N) is 1. The molecule has 0 unspecified atom stereocenters. The van der Waals surface area contributed by atoms with Crippen LogP contribution < -0.4 is 10.5 Å². The fraction of sp³-hybridized carbons (Fsp3) is 0.150. The minimum absolute atomic E-state index is 0.113. The van der Waals surface area contributed by atoms with E-state index >= 15 is 0 Å². The third-order valence-electron chi connectivity index (χ3n) is 4.58. The molecule has 9 heteroatoms. The number of nitrogens with zero attached hydrogens (tertiary/aromatic N) is 5. The fourth-order valence-corrected chi connectivity index (χ4v) is 2.91. The lowest BCUT2D eigenvalue weighted by molar-refractivity contribution is 0.0956. The van der Waals surface area contributed by atoms with E-state index in [9.17, 15) is 9.59 Å². The van der Waals surface area contributed by atoms with Crippen LogP contribution in [-0.2, 0) is 6.54 Å². The molecule has 0 spiro atoms. The number of fused-ring (bicyclic) bond motifs is 1. The van der Waals surface area contributed by atoms with E-state index in [2.05, 4.69) is 21.1 Å². The van der Waals surface area contributed by atoms with Crippen LogP contribution in [0.2, 0.25) is 0 Å². The molecule has 9 nitrogen and oxygen atoms in total. The van der Waals surface area contributed by atoms with Crippen molar-refractivity contribution in [2.45, 2.75) is 20.4 Å². The fourth-order valence-electron chi connectivity index (χ4n) is 2.91. The summed E-state index contributed by atoms with van der Waals surface area (Å²) < 4.78 is 6.45. The number of benzene rings is 1. The Morgan fingerprint density at radius 2 is 2.10 bits per heavy atom. The number of carbonyl (C=O) groups excluding carboxylic acids is 1. The van der Waals surface area contributed by atoms with Crippen LogP contribution >= 0.6 is 0 Å². The molecule has 0 saturated carbocycles. The van der Waals surface area contributed by atoms with Crippen LogP contribution in [0.15, 0.2) is 51.9 Å². The molecule has 4 aromatic rings. The highest BCUT2D eigenvalue weighted by molar-refractivity contribution is 6.03. The SMILES string of the molecule is Cc1nc2nc(N(Cc3cccc(C#N)c3)C(=O)c3ccco3)[nH]n2c(=O)c1C. The van der Waals surface area contributed by atoms with Gasteiger partial charge in [0.1, 0.15) is 0 Å². The Kier molecular flexibility index (Phi) is 4.44. The van der Waals surface area contributed by atoms with E-state index < -0.39 is 5.91 Å². The van der Waals surface area contributed by atoms with Crippen LogP contribution in [-0.4, -0.2) is 25.5 Å². The summed E-state index contributed by atoms with van der Waals surface area (Å²) in [6.07, 6.45) is 1.40. The number of aryl methyl sites for hydroxylation is 1. The quantitative estimate of drug-likeness (QED) is 0.573.